The molecule has 0 heterocycles. The highest BCUT2D eigenvalue weighted by Crippen LogP contribution is 2.14. The summed E-state index contributed by atoms with van der Waals surface area (Å²) in [4.78, 5) is 0.149. The van der Waals surface area contributed by atoms with Gasteiger partial charge in [0.05, 0.1) is 4.90 Å². The lowest BCUT2D eigenvalue weighted by Crippen LogP contribution is -2.32. The molecular formula is C18H23FN2O3S. The van der Waals surface area contributed by atoms with Crippen LogP contribution in [0.15, 0.2) is 53.4 Å². The minimum atomic E-state index is -3.69. The smallest absolute Gasteiger partial charge is 0.240 e. The molecule has 136 valence electrons. The zero-order chi connectivity index (χ0) is 18.3. The molecule has 0 bridgehead atoms. The van der Waals surface area contributed by atoms with Crippen LogP contribution in [-0.2, 0) is 22.9 Å². The van der Waals surface area contributed by atoms with Crippen molar-refractivity contribution in [3.05, 3.63) is 65.5 Å². The van der Waals surface area contributed by atoms with E-state index in [9.17, 15) is 17.9 Å². The molecule has 4 N–H and O–H groups in total. The van der Waals surface area contributed by atoms with Crippen molar-refractivity contribution in [2.24, 2.45) is 11.7 Å². The van der Waals surface area contributed by atoms with Gasteiger partial charge in [0.2, 0.25) is 10.0 Å². The third kappa shape index (κ3) is 5.61. The third-order valence-corrected chi connectivity index (χ3v) is 5.39. The summed E-state index contributed by atoms with van der Waals surface area (Å²) in [5, 5.41) is 9.47. The first-order chi connectivity index (χ1) is 12.0. The molecule has 5 nitrogen and oxygen atoms in total. The average Bonchev–Trinajstić information content (AvgIpc) is 2.61. The first-order valence-electron chi connectivity index (χ1n) is 8.09. The number of rotatable bonds is 9. The topological polar surface area (TPSA) is 92.4 Å². The summed E-state index contributed by atoms with van der Waals surface area (Å²) in [5.41, 5.74) is 6.89. The maximum Gasteiger partial charge on any atom is 0.240 e. The average molecular weight is 366 g/mol. The van der Waals surface area contributed by atoms with E-state index in [1.807, 2.05) is 0 Å². The van der Waals surface area contributed by atoms with Crippen molar-refractivity contribution in [2.75, 3.05) is 19.7 Å². The molecule has 0 fully saturated rings. The van der Waals surface area contributed by atoms with Gasteiger partial charge in [-0.1, -0.05) is 30.3 Å². The Bertz CT molecular complexity index is 779. The van der Waals surface area contributed by atoms with Crippen molar-refractivity contribution in [3.8, 4) is 0 Å². The molecule has 0 saturated carbocycles. The van der Waals surface area contributed by atoms with Gasteiger partial charge in [0, 0.05) is 13.2 Å². The fraction of sp³-hybridized carbons (Fsp3) is 0.333. The Balaban J connectivity index is 2.00. The molecule has 0 amide bonds. The van der Waals surface area contributed by atoms with Crippen molar-refractivity contribution >= 4 is 10.0 Å². The Kier molecular flexibility index (Phi) is 7.07. The van der Waals surface area contributed by atoms with Gasteiger partial charge < -0.3 is 10.8 Å². The maximum atomic E-state index is 13.7. The summed E-state index contributed by atoms with van der Waals surface area (Å²) in [7, 11) is -3.69. The molecule has 0 aliphatic rings. The molecule has 0 aliphatic heterocycles. The summed E-state index contributed by atoms with van der Waals surface area (Å²) < 4.78 is 40.9. The van der Waals surface area contributed by atoms with Crippen molar-refractivity contribution in [2.45, 2.75) is 17.7 Å². The van der Waals surface area contributed by atoms with Gasteiger partial charge in [-0.15, -0.1) is 0 Å². The molecule has 1 atom stereocenters. The van der Waals surface area contributed by atoms with E-state index in [-0.39, 0.29) is 30.3 Å². The number of nitrogens with one attached hydrogen (secondary N) is 1. The van der Waals surface area contributed by atoms with Crippen LogP contribution >= 0.6 is 0 Å². The quantitative estimate of drug-likeness (QED) is 0.626. The largest absolute Gasteiger partial charge is 0.396 e. The van der Waals surface area contributed by atoms with Crippen LogP contribution in [0, 0.1) is 11.7 Å². The first-order valence-corrected chi connectivity index (χ1v) is 9.57. The lowest BCUT2D eigenvalue weighted by atomic mass is 10.00. The highest BCUT2D eigenvalue weighted by molar-refractivity contribution is 7.89. The summed E-state index contributed by atoms with van der Waals surface area (Å²) in [6, 6.07) is 12.8. The predicted octanol–water partition coefficient (Wildman–Crippen LogP) is 1.46. The molecule has 0 saturated heterocycles. The maximum absolute atomic E-state index is 13.7. The van der Waals surface area contributed by atoms with Gasteiger partial charge in [0.15, 0.2) is 0 Å². The Hall–Kier alpha value is -1.80. The number of benzene rings is 2. The van der Waals surface area contributed by atoms with Gasteiger partial charge >= 0.3 is 0 Å². The van der Waals surface area contributed by atoms with E-state index >= 15 is 0 Å². The van der Waals surface area contributed by atoms with Gasteiger partial charge in [-0.3, -0.25) is 0 Å². The molecule has 0 aliphatic carbocycles. The van der Waals surface area contributed by atoms with Crippen LogP contribution in [0.25, 0.3) is 0 Å². The van der Waals surface area contributed by atoms with Crippen LogP contribution < -0.4 is 10.5 Å². The minimum absolute atomic E-state index is 0.0255. The Labute approximate surface area is 147 Å². The van der Waals surface area contributed by atoms with Crippen molar-refractivity contribution in [1.29, 1.82) is 0 Å². The van der Waals surface area contributed by atoms with E-state index in [1.165, 1.54) is 18.2 Å². The van der Waals surface area contributed by atoms with Crippen molar-refractivity contribution < 1.29 is 17.9 Å². The number of halogens is 1. The zero-order valence-corrected chi connectivity index (χ0v) is 14.7. The van der Waals surface area contributed by atoms with Gasteiger partial charge in [-0.2, -0.15) is 0 Å². The van der Waals surface area contributed by atoms with Crippen LogP contribution in [0.5, 0.6) is 0 Å². The standard InChI is InChI=1S/C18H23FN2O3S/c19-18-4-2-1-3-16(18)11-15(13-22)12-21-25(23,24)17-7-5-14(6-8-17)9-10-20/h1-8,15,21-22H,9-13,20H2. The normalized spacial score (nSPS) is 12.9. The second-order valence-corrected chi connectivity index (χ2v) is 7.65. The van der Waals surface area contributed by atoms with Crippen LogP contribution in [-0.4, -0.2) is 33.2 Å². The second-order valence-electron chi connectivity index (χ2n) is 5.88. The van der Waals surface area contributed by atoms with Crippen molar-refractivity contribution in [1.82, 2.24) is 4.72 Å². The van der Waals surface area contributed by atoms with Crippen molar-refractivity contribution in [3.63, 3.8) is 0 Å². The van der Waals surface area contributed by atoms with Crippen LogP contribution in [0.1, 0.15) is 11.1 Å². The van der Waals surface area contributed by atoms with Gasteiger partial charge in [-0.25, -0.2) is 17.5 Å². The number of nitrogens with two attached hydrogens (primary N) is 1. The molecule has 0 radical (unpaired) electrons. The number of aliphatic hydroxyl groups is 1. The SMILES string of the molecule is NCCc1ccc(S(=O)(=O)NCC(CO)Cc2ccccc2F)cc1. The van der Waals surface area contributed by atoms with E-state index in [1.54, 1.807) is 30.3 Å². The number of hydrogen-bond acceptors (Lipinski definition) is 4. The predicted molar refractivity (Wildman–Crippen MR) is 95.1 cm³/mol. The molecule has 25 heavy (non-hydrogen) atoms. The molecule has 2 rings (SSSR count). The molecular weight excluding hydrogens is 343 g/mol. The summed E-state index contributed by atoms with van der Waals surface area (Å²) in [6.45, 7) is 0.280. The molecule has 7 heteroatoms. The molecule has 2 aromatic rings. The second kappa shape index (κ2) is 9.05. The Morgan fingerprint density at radius 1 is 1.12 bits per heavy atom. The van der Waals surface area contributed by atoms with Crippen LogP contribution in [0.4, 0.5) is 4.39 Å². The third-order valence-electron chi connectivity index (χ3n) is 3.95. The van der Waals surface area contributed by atoms with Gasteiger partial charge in [-0.05, 0) is 54.6 Å². The fourth-order valence-corrected chi connectivity index (χ4v) is 3.61. The molecule has 2 aromatic carbocycles. The van der Waals surface area contributed by atoms with E-state index in [0.29, 0.717) is 18.5 Å². The molecule has 0 spiro atoms. The van der Waals surface area contributed by atoms with Gasteiger partial charge in [0.1, 0.15) is 5.82 Å². The number of hydrogen-bond donors (Lipinski definition) is 3. The van der Waals surface area contributed by atoms with E-state index in [0.717, 1.165) is 5.56 Å². The number of aliphatic hydroxyl groups excluding tert-OH is 1. The molecule has 0 aromatic heterocycles. The lowest BCUT2D eigenvalue weighted by Gasteiger charge is -2.16. The minimum Gasteiger partial charge on any atom is -0.396 e. The summed E-state index contributed by atoms with van der Waals surface area (Å²) in [5.74, 6) is -0.775. The van der Waals surface area contributed by atoms with E-state index < -0.39 is 15.9 Å². The fourth-order valence-electron chi connectivity index (χ4n) is 2.49. The van der Waals surface area contributed by atoms with E-state index in [4.69, 9.17) is 5.73 Å². The van der Waals surface area contributed by atoms with Crippen LogP contribution in [0.2, 0.25) is 0 Å². The zero-order valence-electron chi connectivity index (χ0n) is 13.9. The molecule has 1 unspecified atom stereocenters. The van der Waals surface area contributed by atoms with Crippen LogP contribution in [0.3, 0.4) is 0 Å². The monoisotopic (exact) mass is 366 g/mol. The highest BCUT2D eigenvalue weighted by Gasteiger charge is 2.18. The Morgan fingerprint density at radius 3 is 2.40 bits per heavy atom. The highest BCUT2D eigenvalue weighted by atomic mass is 32.2. The first kappa shape index (κ1) is 19.5. The summed E-state index contributed by atoms with van der Waals surface area (Å²) in [6.07, 6.45) is 0.935. The van der Waals surface area contributed by atoms with Gasteiger partial charge in [0.25, 0.3) is 0 Å². The van der Waals surface area contributed by atoms with E-state index in [2.05, 4.69) is 4.72 Å². The summed E-state index contributed by atoms with van der Waals surface area (Å²) >= 11 is 0. The number of sulfonamides is 1. The Morgan fingerprint density at radius 2 is 1.80 bits per heavy atom. The lowest BCUT2D eigenvalue weighted by molar-refractivity contribution is 0.226.